The summed E-state index contributed by atoms with van der Waals surface area (Å²) in [6, 6.07) is 14.0. The maximum atomic E-state index is 12.1. The molecule has 4 rings (SSSR count). The number of carbonyl (C=O) groups is 1. The molecule has 2 heterocycles. The van der Waals surface area contributed by atoms with Crippen LogP contribution in [0.2, 0.25) is 0 Å². The van der Waals surface area contributed by atoms with E-state index in [1.807, 2.05) is 50.2 Å². The van der Waals surface area contributed by atoms with E-state index in [1.165, 1.54) is 23.1 Å². The molecule has 9 heteroatoms. The molecule has 1 N–H and O–H groups in total. The number of fused-ring (bicyclic) bond motifs is 1. The van der Waals surface area contributed by atoms with Crippen molar-refractivity contribution in [2.75, 3.05) is 11.1 Å². The molecular formula is C19H17N5O2S2. The minimum Gasteiger partial charge on any atom is -0.411 e. The number of amides is 1. The van der Waals surface area contributed by atoms with Gasteiger partial charge in [-0.3, -0.25) is 10.1 Å². The van der Waals surface area contributed by atoms with Gasteiger partial charge in [-0.15, -0.1) is 20.4 Å². The zero-order chi connectivity index (χ0) is 19.5. The Kier molecular flexibility index (Phi) is 5.36. The van der Waals surface area contributed by atoms with Crippen molar-refractivity contribution in [3.63, 3.8) is 0 Å². The average molecular weight is 412 g/mol. The minimum absolute atomic E-state index is 0.149. The third kappa shape index (κ3) is 4.20. The first kappa shape index (κ1) is 18.6. The van der Waals surface area contributed by atoms with Crippen molar-refractivity contribution in [2.45, 2.75) is 25.0 Å². The van der Waals surface area contributed by atoms with Crippen LogP contribution in [0.4, 0.5) is 5.13 Å². The first-order valence-electron chi connectivity index (χ1n) is 8.67. The lowest BCUT2D eigenvalue weighted by molar-refractivity contribution is -0.113. The standard InChI is InChI=1S/C19H17N5O2S2/c1-11(2)17-22-23-18(28-17)20-15(25)10-27-19-24-21-16(26-19)14-8-7-12-5-3-4-6-13(12)9-14/h3-9,11H,10H2,1-2H3,(H,20,23,25). The molecule has 0 unspecified atom stereocenters. The fourth-order valence-electron chi connectivity index (χ4n) is 2.51. The third-order valence-corrected chi connectivity index (χ3v) is 5.87. The van der Waals surface area contributed by atoms with E-state index in [2.05, 4.69) is 31.8 Å². The minimum atomic E-state index is -0.193. The first-order valence-corrected chi connectivity index (χ1v) is 10.5. The number of benzene rings is 2. The highest BCUT2D eigenvalue weighted by Gasteiger charge is 2.14. The predicted molar refractivity (Wildman–Crippen MR) is 111 cm³/mol. The highest BCUT2D eigenvalue weighted by atomic mass is 32.2. The summed E-state index contributed by atoms with van der Waals surface area (Å²) in [5.41, 5.74) is 0.845. The second-order valence-electron chi connectivity index (χ2n) is 6.37. The van der Waals surface area contributed by atoms with Crippen LogP contribution in [0.5, 0.6) is 0 Å². The van der Waals surface area contributed by atoms with Gasteiger partial charge in [-0.2, -0.15) is 0 Å². The normalized spacial score (nSPS) is 11.2. The summed E-state index contributed by atoms with van der Waals surface area (Å²) in [7, 11) is 0. The molecule has 28 heavy (non-hydrogen) atoms. The topological polar surface area (TPSA) is 93.8 Å². The van der Waals surface area contributed by atoms with Crippen molar-refractivity contribution in [1.29, 1.82) is 0 Å². The first-order chi connectivity index (χ1) is 13.6. The quantitative estimate of drug-likeness (QED) is 0.464. The van der Waals surface area contributed by atoms with Crippen molar-refractivity contribution >= 4 is 44.9 Å². The molecule has 0 aliphatic rings. The Bertz CT molecular complexity index is 1120. The Morgan fingerprint density at radius 2 is 1.93 bits per heavy atom. The van der Waals surface area contributed by atoms with Gasteiger partial charge in [-0.05, 0) is 22.9 Å². The largest absolute Gasteiger partial charge is 0.411 e. The van der Waals surface area contributed by atoms with Gasteiger partial charge in [0.1, 0.15) is 5.01 Å². The van der Waals surface area contributed by atoms with Gasteiger partial charge in [-0.1, -0.05) is 67.3 Å². The van der Waals surface area contributed by atoms with E-state index >= 15 is 0 Å². The molecule has 0 spiro atoms. The summed E-state index contributed by atoms with van der Waals surface area (Å²) in [5, 5.41) is 22.9. The van der Waals surface area contributed by atoms with E-state index in [-0.39, 0.29) is 17.6 Å². The molecule has 0 saturated heterocycles. The molecule has 142 valence electrons. The highest BCUT2D eigenvalue weighted by molar-refractivity contribution is 7.99. The Morgan fingerprint density at radius 3 is 2.71 bits per heavy atom. The van der Waals surface area contributed by atoms with Crippen LogP contribution in [-0.4, -0.2) is 32.1 Å². The fraction of sp³-hybridized carbons (Fsp3) is 0.211. The van der Waals surface area contributed by atoms with Crippen LogP contribution in [0.1, 0.15) is 24.8 Å². The summed E-state index contributed by atoms with van der Waals surface area (Å²) < 4.78 is 5.69. The number of carbonyl (C=O) groups excluding carboxylic acids is 1. The van der Waals surface area contributed by atoms with Gasteiger partial charge in [0.2, 0.25) is 16.9 Å². The highest BCUT2D eigenvalue weighted by Crippen LogP contribution is 2.27. The molecular weight excluding hydrogens is 394 g/mol. The van der Waals surface area contributed by atoms with E-state index in [0.717, 1.165) is 21.3 Å². The zero-order valence-electron chi connectivity index (χ0n) is 15.2. The lowest BCUT2D eigenvalue weighted by Crippen LogP contribution is -2.13. The molecule has 2 aromatic heterocycles. The molecule has 0 radical (unpaired) electrons. The molecule has 0 bridgehead atoms. The van der Waals surface area contributed by atoms with Crippen LogP contribution in [0.25, 0.3) is 22.2 Å². The molecule has 0 aliphatic heterocycles. The molecule has 1 amide bonds. The number of nitrogens with one attached hydrogen (secondary N) is 1. The van der Waals surface area contributed by atoms with Crippen molar-refractivity contribution in [3.05, 3.63) is 47.5 Å². The number of aromatic nitrogens is 4. The molecule has 0 saturated carbocycles. The van der Waals surface area contributed by atoms with Gasteiger partial charge < -0.3 is 4.42 Å². The average Bonchev–Trinajstić information content (AvgIpc) is 3.36. The SMILES string of the molecule is CC(C)c1nnc(NC(=O)CSc2nnc(-c3ccc4ccccc4c3)o2)s1. The van der Waals surface area contributed by atoms with E-state index < -0.39 is 0 Å². The second-order valence-corrected chi connectivity index (χ2v) is 8.31. The summed E-state index contributed by atoms with van der Waals surface area (Å²) in [6.07, 6.45) is 0. The maximum Gasteiger partial charge on any atom is 0.277 e. The number of thioether (sulfide) groups is 1. The zero-order valence-corrected chi connectivity index (χ0v) is 16.9. The summed E-state index contributed by atoms with van der Waals surface area (Å²) in [5.74, 6) is 0.668. The lowest BCUT2D eigenvalue weighted by Gasteiger charge is -2.00. The Balaban J connectivity index is 1.38. The predicted octanol–water partition coefficient (Wildman–Crippen LogP) is 4.60. The van der Waals surface area contributed by atoms with E-state index in [1.54, 1.807) is 0 Å². The molecule has 7 nitrogen and oxygen atoms in total. The van der Waals surface area contributed by atoms with Gasteiger partial charge in [0.05, 0.1) is 5.75 Å². The van der Waals surface area contributed by atoms with Crippen LogP contribution < -0.4 is 5.32 Å². The van der Waals surface area contributed by atoms with Crippen molar-refractivity contribution in [3.8, 4) is 11.5 Å². The summed E-state index contributed by atoms with van der Waals surface area (Å²) in [4.78, 5) is 12.1. The Hall–Kier alpha value is -2.78. The number of hydrogen-bond donors (Lipinski definition) is 1. The van der Waals surface area contributed by atoms with Crippen molar-refractivity contribution in [1.82, 2.24) is 20.4 Å². The molecule has 4 aromatic rings. The number of nitrogens with zero attached hydrogens (tertiary/aromatic N) is 4. The molecule has 0 fully saturated rings. The van der Waals surface area contributed by atoms with Gasteiger partial charge in [0, 0.05) is 11.5 Å². The summed E-state index contributed by atoms with van der Waals surface area (Å²) >= 11 is 2.56. The van der Waals surface area contributed by atoms with Crippen LogP contribution in [0.15, 0.2) is 52.1 Å². The second kappa shape index (κ2) is 8.07. The van der Waals surface area contributed by atoms with Gasteiger partial charge in [-0.25, -0.2) is 0 Å². The molecule has 0 atom stereocenters. The monoisotopic (exact) mass is 411 g/mol. The van der Waals surface area contributed by atoms with Gasteiger partial charge in [0.15, 0.2) is 0 Å². The summed E-state index contributed by atoms with van der Waals surface area (Å²) in [6.45, 7) is 4.06. The van der Waals surface area contributed by atoms with E-state index in [4.69, 9.17) is 4.42 Å². The third-order valence-electron chi connectivity index (χ3n) is 3.91. The van der Waals surface area contributed by atoms with Crippen LogP contribution >= 0.6 is 23.1 Å². The number of hydrogen-bond acceptors (Lipinski definition) is 8. The van der Waals surface area contributed by atoms with Gasteiger partial charge in [0.25, 0.3) is 5.22 Å². The van der Waals surface area contributed by atoms with Crippen molar-refractivity contribution in [2.24, 2.45) is 0 Å². The Morgan fingerprint density at radius 1 is 1.11 bits per heavy atom. The number of rotatable bonds is 6. The fourth-order valence-corrected chi connectivity index (χ4v) is 3.83. The van der Waals surface area contributed by atoms with Crippen molar-refractivity contribution < 1.29 is 9.21 Å². The van der Waals surface area contributed by atoms with Crippen LogP contribution in [-0.2, 0) is 4.79 Å². The van der Waals surface area contributed by atoms with Crippen LogP contribution in [0, 0.1) is 0 Å². The van der Waals surface area contributed by atoms with E-state index in [9.17, 15) is 4.79 Å². The van der Waals surface area contributed by atoms with Gasteiger partial charge >= 0.3 is 0 Å². The van der Waals surface area contributed by atoms with E-state index in [0.29, 0.717) is 16.2 Å². The lowest BCUT2D eigenvalue weighted by atomic mass is 10.1. The van der Waals surface area contributed by atoms with Crippen LogP contribution in [0.3, 0.4) is 0 Å². The molecule has 2 aromatic carbocycles. The Labute approximate surface area is 169 Å². The number of anilines is 1. The smallest absolute Gasteiger partial charge is 0.277 e. The molecule has 0 aliphatic carbocycles. The maximum absolute atomic E-state index is 12.1.